The number of rotatable bonds is 2. The van der Waals surface area contributed by atoms with Crippen LogP contribution >= 0.6 is 0 Å². The van der Waals surface area contributed by atoms with Crippen LogP contribution in [0.2, 0.25) is 0 Å². The Kier molecular flexibility index (Phi) is 3.97. The van der Waals surface area contributed by atoms with Crippen molar-refractivity contribution in [3.05, 3.63) is 85.9 Å². The molecule has 5 aromatic rings. The first-order chi connectivity index (χ1) is 14.9. The second-order valence-electron chi connectivity index (χ2n) is 7.28. The van der Waals surface area contributed by atoms with Gasteiger partial charge in [-0.3, -0.25) is 13.9 Å². The lowest BCUT2D eigenvalue weighted by Crippen LogP contribution is -2.36. The van der Waals surface area contributed by atoms with Gasteiger partial charge in [-0.25, -0.2) is 9.59 Å². The quantitative estimate of drug-likeness (QED) is 0.431. The third kappa shape index (κ3) is 2.58. The van der Waals surface area contributed by atoms with Crippen LogP contribution in [-0.4, -0.2) is 19.2 Å². The molecule has 0 aliphatic heterocycles. The molecule has 2 aromatic carbocycles. The summed E-state index contributed by atoms with van der Waals surface area (Å²) in [6.45, 7) is 0. The van der Waals surface area contributed by atoms with Crippen molar-refractivity contribution in [3.63, 3.8) is 0 Å². The van der Waals surface area contributed by atoms with E-state index in [9.17, 15) is 19.5 Å². The zero-order chi connectivity index (χ0) is 21.9. The maximum absolute atomic E-state index is 13.1. The average Bonchev–Trinajstić information content (AvgIpc) is 3.17. The monoisotopic (exact) mass is 415 g/mol. The number of nitrogens with one attached hydrogen (secondary N) is 1. The molecule has 0 aliphatic rings. The molecule has 2 N–H and O–H groups in total. The molecule has 0 bridgehead atoms. The number of hydrogen-bond donors (Lipinski definition) is 2. The van der Waals surface area contributed by atoms with Gasteiger partial charge in [0.25, 0.3) is 5.56 Å². The molecule has 0 radical (unpaired) electrons. The lowest BCUT2D eigenvalue weighted by Gasteiger charge is -2.09. The average molecular weight is 415 g/mol. The van der Waals surface area contributed by atoms with E-state index in [0.717, 1.165) is 4.57 Å². The molecule has 8 heteroatoms. The van der Waals surface area contributed by atoms with Crippen LogP contribution in [0, 0.1) is 0 Å². The van der Waals surface area contributed by atoms with E-state index in [0.29, 0.717) is 16.6 Å². The number of nitrogens with zero attached hydrogens (tertiary/aromatic N) is 2. The largest absolute Gasteiger partial charge is 0.506 e. The van der Waals surface area contributed by atoms with E-state index in [4.69, 9.17) is 4.42 Å². The van der Waals surface area contributed by atoms with Crippen molar-refractivity contribution in [1.82, 2.24) is 14.1 Å². The van der Waals surface area contributed by atoms with Gasteiger partial charge in [0.2, 0.25) is 0 Å². The molecule has 8 nitrogen and oxygen atoms in total. The molecule has 0 unspecified atom stereocenters. The normalized spacial score (nSPS) is 11.4. The molecule has 3 heterocycles. The van der Waals surface area contributed by atoms with Gasteiger partial charge in [-0.15, -0.1) is 0 Å². The minimum atomic E-state index is -0.787. The van der Waals surface area contributed by atoms with Crippen molar-refractivity contribution in [3.8, 4) is 28.1 Å². The molecule has 0 fully saturated rings. The summed E-state index contributed by atoms with van der Waals surface area (Å²) < 4.78 is 7.72. The van der Waals surface area contributed by atoms with Crippen LogP contribution in [0.4, 0.5) is 0 Å². The Balaban J connectivity index is 2.06. The number of H-pyrrole nitrogens is 1. The number of fused-ring (bicyclic) bond motifs is 2. The van der Waals surface area contributed by atoms with Crippen LogP contribution < -0.4 is 16.9 Å². The Morgan fingerprint density at radius 3 is 2.29 bits per heavy atom. The minimum absolute atomic E-state index is 0.112. The highest BCUT2D eigenvalue weighted by molar-refractivity contribution is 6.05. The summed E-state index contributed by atoms with van der Waals surface area (Å²) in [5, 5.41) is 11.5. The molecule has 3 aromatic heterocycles. The van der Waals surface area contributed by atoms with Gasteiger partial charge in [0.05, 0.1) is 16.5 Å². The molecule has 5 rings (SSSR count). The van der Waals surface area contributed by atoms with Crippen molar-refractivity contribution in [2.45, 2.75) is 0 Å². The molecule has 0 spiro atoms. The van der Waals surface area contributed by atoms with E-state index in [1.54, 1.807) is 36.4 Å². The van der Waals surface area contributed by atoms with Crippen molar-refractivity contribution in [2.75, 3.05) is 0 Å². The van der Waals surface area contributed by atoms with E-state index in [1.165, 1.54) is 18.7 Å². The first kappa shape index (κ1) is 18.7. The number of aromatic hydroxyl groups is 1. The number of aromatic amines is 1. The van der Waals surface area contributed by atoms with Gasteiger partial charge in [-0.05, 0) is 17.7 Å². The maximum Gasteiger partial charge on any atom is 0.348 e. The lowest BCUT2D eigenvalue weighted by atomic mass is 9.98. The topological polar surface area (TPSA) is 110 Å². The molecule has 0 amide bonds. The first-order valence-corrected chi connectivity index (χ1v) is 9.52. The van der Waals surface area contributed by atoms with Crippen LogP contribution in [0.5, 0.6) is 5.75 Å². The van der Waals surface area contributed by atoms with Gasteiger partial charge in [0.1, 0.15) is 22.5 Å². The summed E-state index contributed by atoms with van der Waals surface area (Å²) in [4.78, 5) is 41.7. The van der Waals surface area contributed by atoms with Crippen LogP contribution in [0.1, 0.15) is 0 Å². The SMILES string of the molecule is Cn1c(=O)c2c(-c3c(O)c4ccccc4oc3=O)c(-c3ccccc3)[nH]c2n(C)c1=O. The van der Waals surface area contributed by atoms with Gasteiger partial charge in [0, 0.05) is 19.7 Å². The van der Waals surface area contributed by atoms with E-state index in [-0.39, 0.29) is 33.5 Å². The van der Waals surface area contributed by atoms with Gasteiger partial charge in [-0.1, -0.05) is 42.5 Å². The van der Waals surface area contributed by atoms with Crippen molar-refractivity contribution in [2.24, 2.45) is 14.1 Å². The number of benzene rings is 2. The van der Waals surface area contributed by atoms with Crippen molar-refractivity contribution in [1.29, 1.82) is 0 Å². The Bertz CT molecular complexity index is 1670. The number of para-hydroxylation sites is 1. The van der Waals surface area contributed by atoms with Crippen LogP contribution in [0.15, 0.2) is 73.4 Å². The molecule has 0 saturated carbocycles. The van der Waals surface area contributed by atoms with E-state index in [2.05, 4.69) is 4.98 Å². The Hall–Kier alpha value is -4.33. The van der Waals surface area contributed by atoms with Gasteiger partial charge in [-0.2, -0.15) is 0 Å². The third-order valence-electron chi connectivity index (χ3n) is 5.51. The lowest BCUT2D eigenvalue weighted by molar-refractivity contribution is 0.471. The second kappa shape index (κ2) is 6.60. The zero-order valence-corrected chi connectivity index (χ0v) is 16.7. The second-order valence-corrected chi connectivity index (χ2v) is 7.28. The van der Waals surface area contributed by atoms with Crippen LogP contribution in [0.3, 0.4) is 0 Å². The Morgan fingerprint density at radius 2 is 1.55 bits per heavy atom. The van der Waals surface area contributed by atoms with Crippen molar-refractivity contribution < 1.29 is 9.52 Å². The smallest absolute Gasteiger partial charge is 0.348 e. The van der Waals surface area contributed by atoms with Gasteiger partial charge < -0.3 is 14.5 Å². The number of aryl methyl sites for hydroxylation is 1. The molecule has 0 atom stereocenters. The van der Waals surface area contributed by atoms with E-state index in [1.807, 2.05) is 18.2 Å². The summed E-state index contributed by atoms with van der Waals surface area (Å²) in [5.74, 6) is -0.291. The highest BCUT2D eigenvalue weighted by Gasteiger charge is 2.27. The van der Waals surface area contributed by atoms with Crippen LogP contribution in [-0.2, 0) is 14.1 Å². The van der Waals surface area contributed by atoms with E-state index >= 15 is 0 Å². The predicted molar refractivity (Wildman–Crippen MR) is 117 cm³/mol. The standard InChI is InChI=1S/C23H17N3O5/c1-25-20-17(21(28)26(2)23(25)30)15(18(24-20)12-8-4-3-5-9-12)16-19(27)13-10-6-7-11-14(13)31-22(16)29/h3-11,24,27H,1-2H3. The predicted octanol–water partition coefficient (Wildman–Crippen LogP) is 2.71. The molecule has 0 aliphatic carbocycles. The summed E-state index contributed by atoms with van der Waals surface area (Å²) >= 11 is 0. The molecular weight excluding hydrogens is 398 g/mol. The van der Waals surface area contributed by atoms with E-state index < -0.39 is 16.9 Å². The number of hydrogen-bond acceptors (Lipinski definition) is 5. The minimum Gasteiger partial charge on any atom is -0.506 e. The van der Waals surface area contributed by atoms with Gasteiger partial charge >= 0.3 is 11.3 Å². The zero-order valence-electron chi connectivity index (χ0n) is 16.7. The molecule has 154 valence electrons. The van der Waals surface area contributed by atoms with Crippen molar-refractivity contribution >= 4 is 22.0 Å². The number of aromatic nitrogens is 3. The Labute approximate surface area is 174 Å². The first-order valence-electron chi connectivity index (χ1n) is 9.52. The highest BCUT2D eigenvalue weighted by atomic mass is 16.4. The third-order valence-corrected chi connectivity index (χ3v) is 5.51. The Morgan fingerprint density at radius 1 is 0.871 bits per heavy atom. The molecule has 0 saturated heterocycles. The highest BCUT2D eigenvalue weighted by Crippen LogP contribution is 2.41. The summed E-state index contributed by atoms with van der Waals surface area (Å²) in [7, 11) is 2.90. The fourth-order valence-corrected chi connectivity index (χ4v) is 3.95. The maximum atomic E-state index is 13.1. The molecular formula is C23H17N3O5. The summed E-state index contributed by atoms with van der Waals surface area (Å²) in [6.07, 6.45) is 0. The summed E-state index contributed by atoms with van der Waals surface area (Å²) in [6, 6.07) is 15.7. The van der Waals surface area contributed by atoms with Crippen LogP contribution in [0.25, 0.3) is 44.4 Å². The van der Waals surface area contributed by atoms with Gasteiger partial charge in [0.15, 0.2) is 0 Å². The summed E-state index contributed by atoms with van der Waals surface area (Å²) in [5.41, 5.74) is -0.261. The fraction of sp³-hybridized carbons (Fsp3) is 0.0870. The fourth-order valence-electron chi connectivity index (χ4n) is 3.95. The molecule has 31 heavy (non-hydrogen) atoms.